The number of aromatic amines is 1. The van der Waals surface area contributed by atoms with Gasteiger partial charge in [0.2, 0.25) is 0 Å². The van der Waals surface area contributed by atoms with Crippen molar-refractivity contribution in [2.45, 2.75) is 6.04 Å². The van der Waals surface area contributed by atoms with Crippen LogP contribution in [0.1, 0.15) is 16.6 Å². The van der Waals surface area contributed by atoms with Gasteiger partial charge in [-0.15, -0.1) is 11.3 Å². The lowest BCUT2D eigenvalue weighted by Crippen LogP contribution is -2.11. The Morgan fingerprint density at radius 1 is 1.11 bits per heavy atom. The lowest BCUT2D eigenvalue weighted by atomic mass is 10.1. The average molecular weight is 255 g/mol. The molecule has 18 heavy (non-hydrogen) atoms. The van der Waals surface area contributed by atoms with Gasteiger partial charge in [-0.3, -0.25) is 0 Å². The van der Waals surface area contributed by atoms with E-state index in [1.165, 1.54) is 0 Å². The second-order valence-electron chi connectivity index (χ2n) is 4.04. The van der Waals surface area contributed by atoms with Crippen LogP contribution in [0.4, 0.5) is 0 Å². The first-order valence-electron chi connectivity index (χ1n) is 5.74. The number of hydrogen-bond acceptors (Lipinski definition) is 3. The molecule has 1 unspecified atom stereocenters. The molecule has 0 aliphatic carbocycles. The van der Waals surface area contributed by atoms with Crippen LogP contribution in [0.5, 0.6) is 0 Å². The Morgan fingerprint density at radius 2 is 1.94 bits per heavy atom. The molecular formula is C14H13N3S. The number of H-pyrrole nitrogens is 1. The fourth-order valence-electron chi connectivity index (χ4n) is 1.85. The van der Waals surface area contributed by atoms with Crippen LogP contribution >= 0.6 is 11.3 Å². The van der Waals surface area contributed by atoms with Crippen molar-refractivity contribution >= 4 is 11.3 Å². The summed E-state index contributed by atoms with van der Waals surface area (Å²) in [6, 6.07) is 13.9. The van der Waals surface area contributed by atoms with E-state index in [0.29, 0.717) is 0 Å². The van der Waals surface area contributed by atoms with E-state index in [2.05, 4.69) is 9.97 Å². The summed E-state index contributed by atoms with van der Waals surface area (Å²) in [6.45, 7) is 0. The molecule has 0 fully saturated rings. The number of aromatic nitrogens is 2. The van der Waals surface area contributed by atoms with Gasteiger partial charge in [-0.2, -0.15) is 0 Å². The number of nitrogens with one attached hydrogen (secondary N) is 1. The van der Waals surface area contributed by atoms with E-state index in [-0.39, 0.29) is 6.04 Å². The third-order valence-electron chi connectivity index (χ3n) is 2.82. The van der Waals surface area contributed by atoms with E-state index in [1.54, 1.807) is 11.3 Å². The van der Waals surface area contributed by atoms with Crippen molar-refractivity contribution < 1.29 is 0 Å². The van der Waals surface area contributed by atoms with Gasteiger partial charge < -0.3 is 10.7 Å². The summed E-state index contributed by atoms with van der Waals surface area (Å²) in [4.78, 5) is 7.74. The van der Waals surface area contributed by atoms with Gasteiger partial charge in [0, 0.05) is 11.6 Å². The van der Waals surface area contributed by atoms with Crippen LogP contribution in [0.3, 0.4) is 0 Å². The standard InChI is InChI=1S/C14H13N3S/c15-13(10-5-2-1-3-6-10)14-17-12(9-18-14)11-7-4-8-16-11/h1-9,13,16H,15H2. The molecule has 0 aliphatic rings. The predicted octanol–water partition coefficient (Wildman–Crippen LogP) is 3.19. The monoisotopic (exact) mass is 255 g/mol. The SMILES string of the molecule is NC(c1ccccc1)c1nc(-c2ccc[nH]2)cs1. The van der Waals surface area contributed by atoms with Crippen LogP contribution in [0.25, 0.3) is 11.4 Å². The van der Waals surface area contributed by atoms with E-state index in [1.807, 2.05) is 54.0 Å². The molecule has 3 N–H and O–H groups in total. The summed E-state index contributed by atoms with van der Waals surface area (Å²) in [5, 5.41) is 2.97. The minimum absolute atomic E-state index is 0.153. The molecule has 3 nitrogen and oxygen atoms in total. The molecule has 0 radical (unpaired) electrons. The number of nitrogens with zero attached hydrogens (tertiary/aromatic N) is 1. The minimum atomic E-state index is -0.153. The first kappa shape index (κ1) is 11.2. The van der Waals surface area contributed by atoms with Gasteiger partial charge in [0.05, 0.1) is 17.4 Å². The van der Waals surface area contributed by atoms with Crippen LogP contribution in [-0.4, -0.2) is 9.97 Å². The van der Waals surface area contributed by atoms with E-state index < -0.39 is 0 Å². The maximum Gasteiger partial charge on any atom is 0.115 e. The predicted molar refractivity (Wildman–Crippen MR) is 74.4 cm³/mol. The summed E-state index contributed by atoms with van der Waals surface area (Å²) in [5.74, 6) is 0. The summed E-state index contributed by atoms with van der Waals surface area (Å²) in [5.41, 5.74) is 9.28. The Morgan fingerprint density at radius 3 is 2.67 bits per heavy atom. The first-order chi connectivity index (χ1) is 8.84. The molecule has 3 aromatic rings. The number of rotatable bonds is 3. The maximum atomic E-state index is 6.22. The van der Waals surface area contributed by atoms with Crippen molar-refractivity contribution in [2.75, 3.05) is 0 Å². The van der Waals surface area contributed by atoms with Gasteiger partial charge in [0.15, 0.2) is 0 Å². The van der Waals surface area contributed by atoms with Crippen LogP contribution in [-0.2, 0) is 0 Å². The molecule has 2 aromatic heterocycles. The number of thiazole rings is 1. The quantitative estimate of drug-likeness (QED) is 0.755. The van der Waals surface area contributed by atoms with Crippen LogP contribution in [0.15, 0.2) is 54.0 Å². The zero-order chi connectivity index (χ0) is 12.4. The Labute approximate surface area is 109 Å². The topological polar surface area (TPSA) is 54.7 Å². The molecule has 0 amide bonds. The molecule has 3 rings (SSSR count). The normalized spacial score (nSPS) is 12.5. The largest absolute Gasteiger partial charge is 0.360 e. The zero-order valence-corrected chi connectivity index (χ0v) is 10.5. The molecular weight excluding hydrogens is 242 g/mol. The van der Waals surface area contributed by atoms with Crippen LogP contribution in [0, 0.1) is 0 Å². The summed E-state index contributed by atoms with van der Waals surface area (Å²) in [7, 11) is 0. The molecule has 2 heterocycles. The second-order valence-corrected chi connectivity index (χ2v) is 4.93. The second kappa shape index (κ2) is 4.76. The highest BCUT2D eigenvalue weighted by Crippen LogP contribution is 2.26. The van der Waals surface area contributed by atoms with Crippen molar-refractivity contribution in [2.24, 2.45) is 5.73 Å². The van der Waals surface area contributed by atoms with E-state index in [0.717, 1.165) is 22.0 Å². The van der Waals surface area contributed by atoms with Crippen LogP contribution in [0.2, 0.25) is 0 Å². The lowest BCUT2D eigenvalue weighted by Gasteiger charge is -2.07. The molecule has 0 spiro atoms. The molecule has 1 aromatic carbocycles. The Hall–Kier alpha value is -1.91. The highest BCUT2D eigenvalue weighted by Gasteiger charge is 2.13. The third kappa shape index (κ3) is 2.08. The minimum Gasteiger partial charge on any atom is -0.360 e. The van der Waals surface area contributed by atoms with Crippen molar-refractivity contribution in [3.8, 4) is 11.4 Å². The summed E-state index contributed by atoms with van der Waals surface area (Å²) in [6.07, 6.45) is 1.89. The van der Waals surface area contributed by atoms with Gasteiger partial charge >= 0.3 is 0 Å². The van der Waals surface area contributed by atoms with Crippen molar-refractivity contribution in [3.05, 3.63) is 64.6 Å². The fourth-order valence-corrected chi connectivity index (χ4v) is 2.69. The third-order valence-corrected chi connectivity index (χ3v) is 3.75. The summed E-state index contributed by atoms with van der Waals surface area (Å²) < 4.78 is 0. The van der Waals surface area contributed by atoms with Crippen molar-refractivity contribution in [3.63, 3.8) is 0 Å². The number of hydrogen-bond donors (Lipinski definition) is 2. The molecule has 0 saturated heterocycles. The van der Waals surface area contributed by atoms with Gasteiger partial charge in [0.1, 0.15) is 5.01 Å². The zero-order valence-electron chi connectivity index (χ0n) is 9.71. The summed E-state index contributed by atoms with van der Waals surface area (Å²) >= 11 is 1.59. The first-order valence-corrected chi connectivity index (χ1v) is 6.62. The lowest BCUT2D eigenvalue weighted by molar-refractivity contribution is 0.858. The van der Waals surface area contributed by atoms with Crippen molar-refractivity contribution in [1.82, 2.24) is 9.97 Å². The number of nitrogens with two attached hydrogens (primary N) is 1. The maximum absolute atomic E-state index is 6.22. The van der Waals surface area contributed by atoms with Gasteiger partial charge in [-0.1, -0.05) is 30.3 Å². The van der Waals surface area contributed by atoms with Crippen molar-refractivity contribution in [1.29, 1.82) is 0 Å². The van der Waals surface area contributed by atoms with E-state index in [4.69, 9.17) is 5.73 Å². The van der Waals surface area contributed by atoms with Gasteiger partial charge in [0.25, 0.3) is 0 Å². The molecule has 0 aliphatic heterocycles. The molecule has 1 atom stereocenters. The van der Waals surface area contributed by atoms with Gasteiger partial charge in [-0.05, 0) is 17.7 Å². The van der Waals surface area contributed by atoms with Gasteiger partial charge in [-0.25, -0.2) is 4.98 Å². The molecule has 4 heteroatoms. The highest BCUT2D eigenvalue weighted by atomic mass is 32.1. The highest BCUT2D eigenvalue weighted by molar-refractivity contribution is 7.10. The molecule has 90 valence electrons. The Balaban J connectivity index is 1.90. The Kier molecular flexibility index (Phi) is 2.96. The molecule has 0 bridgehead atoms. The van der Waals surface area contributed by atoms with E-state index in [9.17, 15) is 0 Å². The smallest absolute Gasteiger partial charge is 0.115 e. The Bertz CT molecular complexity index is 614. The number of benzene rings is 1. The fraction of sp³-hybridized carbons (Fsp3) is 0.0714. The van der Waals surface area contributed by atoms with Crippen LogP contribution < -0.4 is 5.73 Å². The van der Waals surface area contributed by atoms with E-state index >= 15 is 0 Å². The molecule has 0 saturated carbocycles. The average Bonchev–Trinajstić information content (AvgIpc) is 3.09.